The number of thiocarbonyl (C=S) groups is 1. The highest BCUT2D eigenvalue weighted by atomic mass is 32.1. The van der Waals surface area contributed by atoms with Gasteiger partial charge in [0.15, 0.2) is 0 Å². The summed E-state index contributed by atoms with van der Waals surface area (Å²) in [4.78, 5) is 7.27. The number of anilines is 1. The highest BCUT2D eigenvalue weighted by Crippen LogP contribution is 2.26. The second-order valence-corrected chi connectivity index (χ2v) is 5.54. The van der Waals surface area contributed by atoms with Gasteiger partial charge < -0.3 is 15.4 Å². The maximum atomic E-state index is 5.87. The molecule has 1 aliphatic heterocycles. The van der Waals surface area contributed by atoms with E-state index in [0.29, 0.717) is 11.0 Å². The first-order chi connectivity index (χ1) is 9.00. The minimum Gasteiger partial charge on any atom is -0.389 e. The quantitative estimate of drug-likeness (QED) is 0.857. The van der Waals surface area contributed by atoms with E-state index in [2.05, 4.69) is 16.9 Å². The molecule has 1 aromatic rings. The van der Waals surface area contributed by atoms with E-state index in [1.165, 1.54) is 0 Å². The van der Waals surface area contributed by atoms with E-state index >= 15 is 0 Å². The Kier molecular flexibility index (Phi) is 4.37. The maximum absolute atomic E-state index is 5.87. The standard InChI is InChI=1S/C14H21N3OS/c1-9-8-10(2)16-14(12(9)13(15)19)17(3)11-4-6-18-7-5-11/h8,11H,4-7H2,1-3H3,(H2,15,19). The van der Waals surface area contributed by atoms with Crippen molar-refractivity contribution in [2.75, 3.05) is 25.2 Å². The largest absolute Gasteiger partial charge is 0.389 e. The molecule has 0 unspecified atom stereocenters. The third kappa shape index (κ3) is 3.04. The second kappa shape index (κ2) is 5.84. The molecule has 0 radical (unpaired) electrons. The normalized spacial score (nSPS) is 16.4. The molecular formula is C14H21N3OS. The fourth-order valence-corrected chi connectivity index (χ4v) is 2.87. The Hall–Kier alpha value is -1.20. The molecule has 0 bridgehead atoms. The van der Waals surface area contributed by atoms with Gasteiger partial charge in [-0.25, -0.2) is 4.98 Å². The topological polar surface area (TPSA) is 51.4 Å². The lowest BCUT2D eigenvalue weighted by molar-refractivity contribution is 0.0853. The molecule has 0 spiro atoms. The van der Waals surface area contributed by atoms with Crippen molar-refractivity contribution in [3.8, 4) is 0 Å². The molecule has 0 aliphatic carbocycles. The molecule has 2 N–H and O–H groups in total. The van der Waals surface area contributed by atoms with Crippen molar-refractivity contribution < 1.29 is 4.74 Å². The van der Waals surface area contributed by atoms with Crippen LogP contribution in [0.25, 0.3) is 0 Å². The van der Waals surface area contributed by atoms with Gasteiger partial charge in [0.05, 0.1) is 5.56 Å². The SMILES string of the molecule is Cc1cc(C)c(C(N)=S)c(N(C)C2CCOCC2)n1. The van der Waals surface area contributed by atoms with E-state index in [1.54, 1.807) is 0 Å². The van der Waals surface area contributed by atoms with Gasteiger partial charge in [0, 0.05) is 32.0 Å². The van der Waals surface area contributed by atoms with Crippen LogP contribution in [0.15, 0.2) is 6.07 Å². The molecule has 0 aromatic carbocycles. The molecule has 1 aromatic heterocycles. The van der Waals surface area contributed by atoms with Crippen molar-refractivity contribution >= 4 is 23.0 Å². The van der Waals surface area contributed by atoms with Crippen LogP contribution in [0.3, 0.4) is 0 Å². The van der Waals surface area contributed by atoms with Gasteiger partial charge in [-0.05, 0) is 38.3 Å². The van der Waals surface area contributed by atoms with Crippen LogP contribution >= 0.6 is 12.2 Å². The minimum absolute atomic E-state index is 0.416. The second-order valence-electron chi connectivity index (χ2n) is 5.10. The van der Waals surface area contributed by atoms with Crippen molar-refractivity contribution in [2.24, 2.45) is 5.73 Å². The van der Waals surface area contributed by atoms with Crippen LogP contribution in [0, 0.1) is 13.8 Å². The molecular weight excluding hydrogens is 258 g/mol. The average Bonchev–Trinajstić information content (AvgIpc) is 2.37. The van der Waals surface area contributed by atoms with Gasteiger partial charge in [0.25, 0.3) is 0 Å². The fourth-order valence-electron chi connectivity index (χ4n) is 2.62. The van der Waals surface area contributed by atoms with Crippen molar-refractivity contribution in [1.29, 1.82) is 0 Å². The molecule has 0 amide bonds. The average molecular weight is 279 g/mol. The van der Waals surface area contributed by atoms with Crippen LogP contribution in [0.2, 0.25) is 0 Å². The third-order valence-electron chi connectivity index (χ3n) is 3.64. The predicted octanol–water partition coefficient (Wildman–Crippen LogP) is 1.95. The van der Waals surface area contributed by atoms with Crippen LogP contribution < -0.4 is 10.6 Å². The molecule has 104 valence electrons. The Labute approximate surface area is 120 Å². The van der Waals surface area contributed by atoms with Crippen LogP contribution in [0.4, 0.5) is 5.82 Å². The van der Waals surface area contributed by atoms with Gasteiger partial charge in [-0.2, -0.15) is 0 Å². The summed E-state index contributed by atoms with van der Waals surface area (Å²) >= 11 is 5.19. The Morgan fingerprint density at radius 3 is 2.63 bits per heavy atom. The Bertz CT molecular complexity index is 484. The van der Waals surface area contributed by atoms with Crippen molar-refractivity contribution in [1.82, 2.24) is 4.98 Å². The first-order valence-electron chi connectivity index (χ1n) is 6.59. The van der Waals surface area contributed by atoms with E-state index in [-0.39, 0.29) is 0 Å². The minimum atomic E-state index is 0.416. The molecule has 0 saturated carbocycles. The van der Waals surface area contributed by atoms with Crippen LogP contribution in [0.1, 0.15) is 29.7 Å². The molecule has 2 heterocycles. The van der Waals surface area contributed by atoms with Gasteiger partial charge in [0.1, 0.15) is 10.8 Å². The predicted molar refractivity (Wildman–Crippen MR) is 81.8 cm³/mol. The Balaban J connectivity index is 2.39. The monoisotopic (exact) mass is 279 g/mol. The lowest BCUT2D eigenvalue weighted by Gasteiger charge is -2.33. The smallest absolute Gasteiger partial charge is 0.139 e. The number of aromatic nitrogens is 1. The first kappa shape index (κ1) is 14.2. The zero-order chi connectivity index (χ0) is 14.0. The van der Waals surface area contributed by atoms with Gasteiger partial charge in [-0.3, -0.25) is 0 Å². The zero-order valence-electron chi connectivity index (χ0n) is 11.8. The van der Waals surface area contributed by atoms with E-state index in [9.17, 15) is 0 Å². The van der Waals surface area contributed by atoms with Crippen LogP contribution in [-0.4, -0.2) is 36.3 Å². The highest BCUT2D eigenvalue weighted by molar-refractivity contribution is 7.80. The Morgan fingerprint density at radius 2 is 2.05 bits per heavy atom. The molecule has 5 heteroatoms. The lowest BCUT2D eigenvalue weighted by atomic mass is 10.0. The third-order valence-corrected chi connectivity index (χ3v) is 3.85. The van der Waals surface area contributed by atoms with Crippen LogP contribution in [0.5, 0.6) is 0 Å². The zero-order valence-corrected chi connectivity index (χ0v) is 12.6. The van der Waals surface area contributed by atoms with E-state index in [4.69, 9.17) is 22.7 Å². The van der Waals surface area contributed by atoms with Crippen molar-refractivity contribution in [3.63, 3.8) is 0 Å². The summed E-state index contributed by atoms with van der Waals surface area (Å²) in [5.74, 6) is 0.900. The highest BCUT2D eigenvalue weighted by Gasteiger charge is 2.23. The number of aryl methyl sites for hydroxylation is 2. The van der Waals surface area contributed by atoms with E-state index < -0.39 is 0 Å². The Morgan fingerprint density at radius 1 is 1.42 bits per heavy atom. The lowest BCUT2D eigenvalue weighted by Crippen LogP contribution is -2.38. The summed E-state index contributed by atoms with van der Waals surface area (Å²) in [5, 5.41) is 0. The molecule has 1 fully saturated rings. The van der Waals surface area contributed by atoms with Gasteiger partial charge in [-0.1, -0.05) is 12.2 Å². The number of nitrogens with two attached hydrogens (primary N) is 1. The fraction of sp³-hybridized carbons (Fsp3) is 0.571. The van der Waals surface area contributed by atoms with Gasteiger partial charge in [-0.15, -0.1) is 0 Å². The molecule has 2 rings (SSSR count). The molecule has 4 nitrogen and oxygen atoms in total. The number of hydrogen-bond acceptors (Lipinski definition) is 4. The summed E-state index contributed by atoms with van der Waals surface area (Å²) < 4.78 is 5.41. The summed E-state index contributed by atoms with van der Waals surface area (Å²) in [5.41, 5.74) is 8.85. The molecule has 19 heavy (non-hydrogen) atoms. The van der Waals surface area contributed by atoms with Crippen LogP contribution in [-0.2, 0) is 4.74 Å². The molecule has 1 aliphatic rings. The van der Waals surface area contributed by atoms with Gasteiger partial charge in [0.2, 0.25) is 0 Å². The number of hydrogen-bond donors (Lipinski definition) is 1. The number of pyridine rings is 1. The van der Waals surface area contributed by atoms with E-state index in [1.807, 2.05) is 19.9 Å². The maximum Gasteiger partial charge on any atom is 0.139 e. The molecule has 0 atom stereocenters. The number of ether oxygens (including phenoxy) is 1. The summed E-state index contributed by atoms with van der Waals surface area (Å²) in [7, 11) is 2.07. The van der Waals surface area contributed by atoms with Crippen molar-refractivity contribution in [2.45, 2.75) is 32.7 Å². The van der Waals surface area contributed by atoms with Gasteiger partial charge >= 0.3 is 0 Å². The summed E-state index contributed by atoms with van der Waals surface area (Å²) in [6, 6.07) is 2.46. The molecule has 1 saturated heterocycles. The van der Waals surface area contributed by atoms with Crippen molar-refractivity contribution in [3.05, 3.63) is 22.9 Å². The number of rotatable bonds is 3. The number of nitrogens with zero attached hydrogens (tertiary/aromatic N) is 2. The first-order valence-corrected chi connectivity index (χ1v) is 7.00. The summed E-state index contributed by atoms with van der Waals surface area (Å²) in [6.07, 6.45) is 2.03. The summed E-state index contributed by atoms with van der Waals surface area (Å²) in [6.45, 7) is 5.65. The van der Waals surface area contributed by atoms with E-state index in [0.717, 1.165) is 48.7 Å².